The molecule has 0 aromatic heterocycles. The Bertz CT molecular complexity index is 401. The van der Waals surface area contributed by atoms with E-state index in [4.69, 9.17) is 9.47 Å². The Hall–Kier alpha value is -1.06. The van der Waals surface area contributed by atoms with Gasteiger partial charge in [0, 0.05) is 13.1 Å². The smallest absolute Gasteiger partial charge is 0.119 e. The second-order valence-corrected chi connectivity index (χ2v) is 6.03. The van der Waals surface area contributed by atoms with E-state index < -0.39 is 0 Å². The maximum absolute atomic E-state index is 6.27. The van der Waals surface area contributed by atoms with Crippen LogP contribution in [0, 0.1) is 0 Å². The molecule has 1 atom stereocenters. The monoisotopic (exact) mass is 275 g/mol. The van der Waals surface area contributed by atoms with Gasteiger partial charge in [0.1, 0.15) is 12.4 Å². The Morgan fingerprint density at radius 1 is 1.15 bits per heavy atom. The van der Waals surface area contributed by atoms with E-state index in [-0.39, 0.29) is 5.60 Å². The highest BCUT2D eigenvalue weighted by atomic mass is 16.5. The van der Waals surface area contributed by atoms with Crippen LogP contribution in [0.2, 0.25) is 0 Å². The summed E-state index contributed by atoms with van der Waals surface area (Å²) in [6.45, 7) is 2.55. The number of hydrogen-bond acceptors (Lipinski definition) is 3. The van der Waals surface area contributed by atoms with Crippen molar-refractivity contribution in [2.45, 2.75) is 50.2 Å². The Labute approximate surface area is 121 Å². The molecule has 3 nitrogen and oxygen atoms in total. The first kappa shape index (κ1) is 13.9. The van der Waals surface area contributed by atoms with Gasteiger partial charge in [0.2, 0.25) is 0 Å². The van der Waals surface area contributed by atoms with E-state index in [1.807, 2.05) is 30.3 Å². The molecule has 1 N–H and O–H groups in total. The van der Waals surface area contributed by atoms with Crippen LogP contribution in [0.4, 0.5) is 0 Å². The van der Waals surface area contributed by atoms with E-state index in [0.717, 1.165) is 18.8 Å². The number of rotatable bonds is 6. The highest BCUT2D eigenvalue weighted by Gasteiger charge is 2.41. The van der Waals surface area contributed by atoms with E-state index >= 15 is 0 Å². The zero-order chi connectivity index (χ0) is 13.7. The minimum Gasteiger partial charge on any atom is -0.492 e. The van der Waals surface area contributed by atoms with Crippen molar-refractivity contribution in [1.82, 2.24) is 5.32 Å². The lowest BCUT2D eigenvalue weighted by Crippen LogP contribution is -2.32. The molecule has 3 heteroatoms. The molecule has 2 fully saturated rings. The van der Waals surface area contributed by atoms with Crippen LogP contribution in [0.15, 0.2) is 30.3 Å². The number of para-hydroxylation sites is 1. The minimum absolute atomic E-state index is 0.257. The summed E-state index contributed by atoms with van der Waals surface area (Å²) in [7, 11) is 0. The van der Waals surface area contributed by atoms with Crippen LogP contribution in [0.5, 0.6) is 5.75 Å². The van der Waals surface area contributed by atoms with Gasteiger partial charge in [0.25, 0.3) is 0 Å². The van der Waals surface area contributed by atoms with Gasteiger partial charge >= 0.3 is 0 Å². The fourth-order valence-electron chi connectivity index (χ4n) is 3.45. The second-order valence-electron chi connectivity index (χ2n) is 6.03. The van der Waals surface area contributed by atoms with Gasteiger partial charge in [0.05, 0.1) is 11.7 Å². The predicted octanol–water partition coefficient (Wildman–Crippen LogP) is 3.15. The van der Waals surface area contributed by atoms with Crippen LogP contribution >= 0.6 is 0 Å². The van der Waals surface area contributed by atoms with Crippen LogP contribution in [0.3, 0.4) is 0 Å². The van der Waals surface area contributed by atoms with E-state index in [0.29, 0.717) is 12.7 Å². The zero-order valence-electron chi connectivity index (χ0n) is 12.1. The zero-order valence-corrected chi connectivity index (χ0v) is 12.1. The summed E-state index contributed by atoms with van der Waals surface area (Å²) in [6.07, 6.45) is 8.15. The molecule has 20 heavy (non-hydrogen) atoms. The van der Waals surface area contributed by atoms with Gasteiger partial charge in [-0.2, -0.15) is 0 Å². The average molecular weight is 275 g/mol. The van der Waals surface area contributed by atoms with Crippen molar-refractivity contribution in [2.75, 3.05) is 19.7 Å². The molecule has 0 bridgehead atoms. The van der Waals surface area contributed by atoms with Crippen LogP contribution in [-0.2, 0) is 4.74 Å². The normalized spacial score (nSPS) is 24.3. The molecule has 1 aliphatic heterocycles. The molecule has 110 valence electrons. The summed E-state index contributed by atoms with van der Waals surface area (Å²) in [4.78, 5) is 0. The average Bonchev–Trinajstić information content (AvgIpc) is 3.10. The summed E-state index contributed by atoms with van der Waals surface area (Å²) in [6, 6.07) is 9.97. The third-order valence-electron chi connectivity index (χ3n) is 4.52. The predicted molar refractivity (Wildman–Crippen MR) is 80.1 cm³/mol. The van der Waals surface area contributed by atoms with Crippen molar-refractivity contribution in [3.8, 4) is 5.75 Å². The molecule has 1 aromatic carbocycles. The number of nitrogens with one attached hydrogen (secondary N) is 1. The van der Waals surface area contributed by atoms with Gasteiger partial charge in [0.15, 0.2) is 0 Å². The number of hydrogen-bond donors (Lipinski definition) is 1. The van der Waals surface area contributed by atoms with Crippen molar-refractivity contribution in [2.24, 2.45) is 0 Å². The van der Waals surface area contributed by atoms with Crippen molar-refractivity contribution in [3.05, 3.63) is 30.3 Å². The third kappa shape index (κ3) is 3.53. The molecule has 1 saturated heterocycles. The van der Waals surface area contributed by atoms with Crippen molar-refractivity contribution < 1.29 is 9.47 Å². The topological polar surface area (TPSA) is 30.5 Å². The van der Waals surface area contributed by atoms with Gasteiger partial charge in [-0.15, -0.1) is 0 Å². The molecule has 2 aliphatic rings. The fraction of sp³-hybridized carbons (Fsp3) is 0.647. The minimum atomic E-state index is 0.257. The fourth-order valence-corrected chi connectivity index (χ4v) is 3.45. The summed E-state index contributed by atoms with van der Waals surface area (Å²) in [5, 5.41) is 3.45. The number of benzene rings is 1. The molecule has 1 aromatic rings. The van der Waals surface area contributed by atoms with Gasteiger partial charge in [-0.25, -0.2) is 0 Å². The molecular formula is C17H25NO2. The summed E-state index contributed by atoms with van der Waals surface area (Å²) in [5.41, 5.74) is 0.257. The van der Waals surface area contributed by atoms with Crippen molar-refractivity contribution in [1.29, 1.82) is 0 Å². The Balaban J connectivity index is 1.29. The first-order chi connectivity index (χ1) is 9.86. The molecule has 3 rings (SSSR count). The molecule has 0 amide bonds. The maximum Gasteiger partial charge on any atom is 0.119 e. The van der Waals surface area contributed by atoms with Gasteiger partial charge in [-0.3, -0.25) is 0 Å². The molecule has 1 spiro atoms. The summed E-state index contributed by atoms with van der Waals surface area (Å²) >= 11 is 0. The highest BCUT2D eigenvalue weighted by molar-refractivity contribution is 5.20. The molecule has 0 radical (unpaired) electrons. The standard InChI is InChI=1S/C17H25NO2/c1-2-6-15(7-3-1)19-13-12-18-14-16-8-11-17(20-16)9-4-5-10-17/h1-3,6-7,16,18H,4-5,8-14H2. The lowest BCUT2D eigenvalue weighted by atomic mass is 9.98. The van der Waals surface area contributed by atoms with Crippen LogP contribution in [0.25, 0.3) is 0 Å². The molecule has 1 unspecified atom stereocenters. The molecule has 1 heterocycles. The van der Waals surface area contributed by atoms with Crippen LogP contribution < -0.4 is 10.1 Å². The first-order valence-corrected chi connectivity index (χ1v) is 7.93. The molecule has 1 saturated carbocycles. The Morgan fingerprint density at radius 3 is 2.75 bits per heavy atom. The quantitative estimate of drug-likeness (QED) is 0.809. The second kappa shape index (κ2) is 6.59. The van der Waals surface area contributed by atoms with E-state index in [9.17, 15) is 0 Å². The van der Waals surface area contributed by atoms with E-state index in [2.05, 4.69) is 5.32 Å². The first-order valence-electron chi connectivity index (χ1n) is 7.93. The summed E-state index contributed by atoms with van der Waals surface area (Å²) in [5.74, 6) is 0.941. The lowest BCUT2D eigenvalue weighted by molar-refractivity contribution is -0.0351. The van der Waals surface area contributed by atoms with Gasteiger partial charge in [-0.05, 0) is 37.8 Å². The molecular weight excluding hydrogens is 250 g/mol. The summed E-state index contributed by atoms with van der Waals surface area (Å²) < 4.78 is 11.9. The van der Waals surface area contributed by atoms with Crippen LogP contribution in [0.1, 0.15) is 38.5 Å². The lowest BCUT2D eigenvalue weighted by Gasteiger charge is -2.23. The SMILES string of the molecule is c1ccc(OCCNCC2CCC3(CCCC3)O2)cc1. The Kier molecular flexibility index (Phi) is 4.58. The Morgan fingerprint density at radius 2 is 1.95 bits per heavy atom. The number of ether oxygens (including phenoxy) is 2. The third-order valence-corrected chi connectivity index (χ3v) is 4.52. The van der Waals surface area contributed by atoms with Crippen LogP contribution in [-0.4, -0.2) is 31.4 Å². The largest absolute Gasteiger partial charge is 0.492 e. The van der Waals surface area contributed by atoms with Gasteiger partial charge in [-0.1, -0.05) is 31.0 Å². The van der Waals surface area contributed by atoms with E-state index in [1.165, 1.54) is 38.5 Å². The van der Waals surface area contributed by atoms with Crippen molar-refractivity contribution >= 4 is 0 Å². The molecule has 1 aliphatic carbocycles. The van der Waals surface area contributed by atoms with Gasteiger partial charge < -0.3 is 14.8 Å². The highest BCUT2D eigenvalue weighted by Crippen LogP contribution is 2.43. The maximum atomic E-state index is 6.27. The van der Waals surface area contributed by atoms with Crippen molar-refractivity contribution in [3.63, 3.8) is 0 Å². The van der Waals surface area contributed by atoms with E-state index in [1.54, 1.807) is 0 Å².